The van der Waals surface area contributed by atoms with Gasteiger partial charge in [0.15, 0.2) is 11.5 Å². The number of ether oxygens (including phenoxy) is 3. The van der Waals surface area contributed by atoms with Crippen LogP contribution in [0.5, 0.6) is 16.7 Å². The Morgan fingerprint density at radius 2 is 1.93 bits per heavy atom. The number of rotatable bonds is 6. The van der Waals surface area contributed by atoms with Crippen LogP contribution in [0.25, 0.3) is 10.2 Å². The fourth-order valence-electron chi connectivity index (χ4n) is 3.59. The average molecular weight is 447 g/mol. The number of carbonyl (C=O) groups is 1. The number of aromatic nitrogens is 1. The Hall–Kier alpha value is -2.51. The van der Waals surface area contributed by atoms with Gasteiger partial charge in [-0.05, 0) is 29.8 Å². The van der Waals surface area contributed by atoms with E-state index < -0.39 is 0 Å². The second-order valence-electron chi connectivity index (χ2n) is 7.13. The number of piperidine rings is 1. The standard InChI is InChI=1S/C22H23ClN2O4S/c1-27-17-7-6-14(12-18(17)28-2)13-20(26)25-10-8-15(9-11-25)29-22-24-21-16(23)4-3-5-19(21)30-22/h3-7,12,15H,8-11,13H2,1-2H3. The normalized spacial score (nSPS) is 14.7. The van der Waals surface area contributed by atoms with E-state index in [0.717, 1.165) is 28.6 Å². The molecule has 0 bridgehead atoms. The molecule has 0 atom stereocenters. The number of likely N-dealkylation sites (tertiary alicyclic amines) is 1. The molecule has 0 aliphatic carbocycles. The van der Waals surface area contributed by atoms with Gasteiger partial charge in [-0.3, -0.25) is 4.79 Å². The molecule has 6 nitrogen and oxygen atoms in total. The van der Waals surface area contributed by atoms with Gasteiger partial charge in [-0.2, -0.15) is 0 Å². The largest absolute Gasteiger partial charge is 0.493 e. The summed E-state index contributed by atoms with van der Waals surface area (Å²) in [7, 11) is 3.19. The van der Waals surface area contributed by atoms with Gasteiger partial charge in [-0.25, -0.2) is 4.98 Å². The number of para-hydroxylation sites is 1. The number of thiazole rings is 1. The quantitative estimate of drug-likeness (QED) is 0.554. The Balaban J connectivity index is 1.32. The fourth-order valence-corrected chi connectivity index (χ4v) is 4.77. The molecule has 2 aromatic carbocycles. The van der Waals surface area contributed by atoms with E-state index in [1.165, 1.54) is 11.3 Å². The number of fused-ring (bicyclic) bond motifs is 1. The first-order valence-corrected chi connectivity index (χ1v) is 11.0. The van der Waals surface area contributed by atoms with Crippen LogP contribution in [0, 0.1) is 0 Å². The molecule has 1 aliphatic heterocycles. The van der Waals surface area contributed by atoms with Crippen LogP contribution in [-0.4, -0.2) is 49.2 Å². The second kappa shape index (κ2) is 9.10. The highest BCUT2D eigenvalue weighted by atomic mass is 35.5. The molecule has 1 amide bonds. The highest BCUT2D eigenvalue weighted by molar-refractivity contribution is 7.20. The third-order valence-electron chi connectivity index (χ3n) is 5.22. The van der Waals surface area contributed by atoms with Crippen molar-refractivity contribution in [2.24, 2.45) is 0 Å². The minimum absolute atomic E-state index is 0.0504. The maximum atomic E-state index is 12.7. The minimum atomic E-state index is 0.0504. The molecule has 1 fully saturated rings. The lowest BCUT2D eigenvalue weighted by Crippen LogP contribution is -2.42. The number of halogens is 1. The van der Waals surface area contributed by atoms with E-state index in [-0.39, 0.29) is 12.0 Å². The summed E-state index contributed by atoms with van der Waals surface area (Å²) in [5.74, 6) is 1.39. The van der Waals surface area contributed by atoms with Gasteiger partial charge < -0.3 is 19.1 Å². The van der Waals surface area contributed by atoms with Crippen molar-refractivity contribution in [2.45, 2.75) is 25.4 Å². The molecule has 2 heterocycles. The van der Waals surface area contributed by atoms with Crippen molar-refractivity contribution in [3.05, 3.63) is 47.0 Å². The zero-order valence-corrected chi connectivity index (χ0v) is 18.5. The van der Waals surface area contributed by atoms with Crippen LogP contribution >= 0.6 is 22.9 Å². The van der Waals surface area contributed by atoms with E-state index >= 15 is 0 Å². The van der Waals surface area contributed by atoms with Crippen LogP contribution in [0.2, 0.25) is 5.02 Å². The maximum absolute atomic E-state index is 12.7. The Morgan fingerprint density at radius 1 is 1.17 bits per heavy atom. The Labute approximate surface area is 184 Å². The Morgan fingerprint density at radius 3 is 2.63 bits per heavy atom. The summed E-state index contributed by atoms with van der Waals surface area (Å²) in [6.07, 6.45) is 1.94. The highest BCUT2D eigenvalue weighted by Crippen LogP contribution is 2.33. The average Bonchev–Trinajstić information content (AvgIpc) is 3.18. The third kappa shape index (κ3) is 4.47. The SMILES string of the molecule is COc1ccc(CC(=O)N2CCC(Oc3nc4c(Cl)cccc4s3)CC2)cc1OC. The van der Waals surface area contributed by atoms with Crippen LogP contribution in [0.15, 0.2) is 36.4 Å². The van der Waals surface area contributed by atoms with Gasteiger partial charge >= 0.3 is 0 Å². The lowest BCUT2D eigenvalue weighted by Gasteiger charge is -2.31. The molecule has 0 unspecified atom stereocenters. The summed E-state index contributed by atoms with van der Waals surface area (Å²) in [5.41, 5.74) is 1.68. The van der Waals surface area contributed by atoms with Crippen LogP contribution in [0.4, 0.5) is 0 Å². The van der Waals surface area contributed by atoms with Crippen molar-refractivity contribution in [2.75, 3.05) is 27.3 Å². The molecular formula is C22H23ClN2O4S. The van der Waals surface area contributed by atoms with Gasteiger partial charge in [-0.1, -0.05) is 35.1 Å². The number of hydrogen-bond donors (Lipinski definition) is 0. The lowest BCUT2D eigenvalue weighted by molar-refractivity contribution is -0.132. The molecule has 1 aliphatic rings. The van der Waals surface area contributed by atoms with Gasteiger partial charge in [-0.15, -0.1) is 0 Å². The number of methoxy groups -OCH3 is 2. The van der Waals surface area contributed by atoms with Gasteiger partial charge in [0.1, 0.15) is 11.6 Å². The molecular weight excluding hydrogens is 424 g/mol. The summed E-state index contributed by atoms with van der Waals surface area (Å²) >= 11 is 7.70. The van der Waals surface area contributed by atoms with E-state index in [4.69, 9.17) is 25.8 Å². The molecule has 0 spiro atoms. The summed E-state index contributed by atoms with van der Waals surface area (Å²) in [5, 5.41) is 1.27. The van der Waals surface area contributed by atoms with Gasteiger partial charge in [0.2, 0.25) is 5.91 Å². The van der Waals surface area contributed by atoms with E-state index in [1.807, 2.05) is 41.3 Å². The van der Waals surface area contributed by atoms with Crippen LogP contribution < -0.4 is 14.2 Å². The molecule has 1 saturated heterocycles. The summed E-state index contributed by atoms with van der Waals surface area (Å²) in [6, 6.07) is 11.3. The van der Waals surface area contributed by atoms with Crippen molar-refractivity contribution in [1.82, 2.24) is 9.88 Å². The first-order chi connectivity index (χ1) is 14.6. The first-order valence-electron chi connectivity index (χ1n) is 9.77. The molecule has 4 rings (SSSR count). The predicted molar refractivity (Wildman–Crippen MR) is 118 cm³/mol. The number of amides is 1. The number of hydrogen-bond acceptors (Lipinski definition) is 6. The highest BCUT2D eigenvalue weighted by Gasteiger charge is 2.25. The smallest absolute Gasteiger partial charge is 0.274 e. The molecule has 1 aromatic heterocycles. The van der Waals surface area contributed by atoms with Crippen LogP contribution in [0.3, 0.4) is 0 Å². The van der Waals surface area contributed by atoms with Crippen LogP contribution in [-0.2, 0) is 11.2 Å². The van der Waals surface area contributed by atoms with E-state index in [2.05, 4.69) is 4.98 Å². The lowest BCUT2D eigenvalue weighted by atomic mass is 10.1. The molecule has 8 heteroatoms. The zero-order valence-electron chi connectivity index (χ0n) is 16.9. The monoisotopic (exact) mass is 446 g/mol. The van der Waals surface area contributed by atoms with Crippen LogP contribution in [0.1, 0.15) is 18.4 Å². The number of nitrogens with zero attached hydrogens (tertiary/aromatic N) is 2. The topological polar surface area (TPSA) is 60.9 Å². The number of benzene rings is 2. The second-order valence-corrected chi connectivity index (χ2v) is 8.53. The van der Waals surface area contributed by atoms with Crippen molar-refractivity contribution in [3.8, 4) is 16.7 Å². The Bertz CT molecular complexity index is 1050. The summed E-state index contributed by atoms with van der Waals surface area (Å²) in [4.78, 5) is 19.1. The van der Waals surface area contributed by atoms with Crippen molar-refractivity contribution in [1.29, 1.82) is 0 Å². The Kier molecular flexibility index (Phi) is 6.29. The molecule has 158 valence electrons. The molecule has 3 aromatic rings. The predicted octanol–water partition coefficient (Wildman–Crippen LogP) is 4.58. The van der Waals surface area contributed by atoms with Gasteiger partial charge in [0, 0.05) is 25.9 Å². The summed E-state index contributed by atoms with van der Waals surface area (Å²) in [6.45, 7) is 1.34. The molecule has 0 saturated carbocycles. The van der Waals surface area contributed by atoms with Crippen molar-refractivity contribution in [3.63, 3.8) is 0 Å². The minimum Gasteiger partial charge on any atom is -0.493 e. The molecule has 0 radical (unpaired) electrons. The van der Waals surface area contributed by atoms with E-state index in [0.29, 0.717) is 41.2 Å². The van der Waals surface area contributed by atoms with Crippen molar-refractivity contribution >= 4 is 39.1 Å². The summed E-state index contributed by atoms with van der Waals surface area (Å²) < 4.78 is 17.7. The van der Waals surface area contributed by atoms with Gasteiger partial charge in [0.25, 0.3) is 5.19 Å². The first kappa shape index (κ1) is 20.8. The zero-order chi connectivity index (χ0) is 21.1. The fraction of sp³-hybridized carbons (Fsp3) is 0.364. The third-order valence-corrected chi connectivity index (χ3v) is 6.43. The van der Waals surface area contributed by atoms with E-state index in [1.54, 1.807) is 14.2 Å². The molecule has 30 heavy (non-hydrogen) atoms. The maximum Gasteiger partial charge on any atom is 0.274 e. The van der Waals surface area contributed by atoms with E-state index in [9.17, 15) is 4.79 Å². The number of carbonyl (C=O) groups excluding carboxylic acids is 1. The van der Waals surface area contributed by atoms with Gasteiger partial charge in [0.05, 0.1) is 30.4 Å². The van der Waals surface area contributed by atoms with Crippen molar-refractivity contribution < 1.29 is 19.0 Å². The molecule has 0 N–H and O–H groups in total.